The van der Waals surface area contributed by atoms with Crippen molar-refractivity contribution in [3.05, 3.63) is 45.6 Å². The lowest BCUT2D eigenvalue weighted by Gasteiger charge is -2.39. The van der Waals surface area contributed by atoms with Gasteiger partial charge in [-0.15, -0.1) is 11.3 Å². The van der Waals surface area contributed by atoms with Crippen molar-refractivity contribution in [2.24, 2.45) is 0 Å². The number of fused-ring (bicyclic) bond motifs is 1. The zero-order chi connectivity index (χ0) is 19.0. The number of rotatable bonds is 4. The molecule has 2 aliphatic heterocycles. The maximum Gasteiger partial charge on any atom is 0.243 e. The lowest BCUT2D eigenvalue weighted by molar-refractivity contribution is 0.127. The fraction of sp³-hybridized carbons (Fsp3) is 0.500. The van der Waals surface area contributed by atoms with Crippen LogP contribution in [0.15, 0.2) is 34.5 Å². The number of ether oxygens (including phenoxy) is 1. The summed E-state index contributed by atoms with van der Waals surface area (Å²) in [6.45, 7) is 5.14. The van der Waals surface area contributed by atoms with Crippen LogP contribution >= 0.6 is 11.3 Å². The molecule has 1 saturated heterocycles. The van der Waals surface area contributed by atoms with Crippen LogP contribution in [0.1, 0.15) is 28.8 Å². The Balaban J connectivity index is 1.42. The largest absolute Gasteiger partial charge is 0.496 e. The van der Waals surface area contributed by atoms with E-state index >= 15 is 0 Å². The van der Waals surface area contributed by atoms with Gasteiger partial charge in [0.05, 0.1) is 12.0 Å². The van der Waals surface area contributed by atoms with Crippen molar-refractivity contribution in [1.82, 2.24) is 9.21 Å². The molecule has 0 radical (unpaired) electrons. The standard InChI is InChI=1S/C20H26N2O3S2/c1-15-13-18(3-4-19(15)25-2)27(23,24)22-10-5-17(6-11-22)21-9-7-20-16(14-21)8-12-26-20/h3-4,8,12-13,17H,5-7,9-11,14H2,1-2H3. The van der Waals surface area contributed by atoms with Gasteiger partial charge in [0.2, 0.25) is 10.0 Å². The molecular weight excluding hydrogens is 380 g/mol. The van der Waals surface area contributed by atoms with Crippen LogP contribution in [0.4, 0.5) is 0 Å². The lowest BCUT2D eigenvalue weighted by atomic mass is 10.0. The number of sulfonamides is 1. The van der Waals surface area contributed by atoms with E-state index in [0.717, 1.165) is 37.9 Å². The van der Waals surface area contributed by atoms with Crippen LogP contribution in [-0.4, -0.2) is 50.4 Å². The summed E-state index contributed by atoms with van der Waals surface area (Å²) in [5.74, 6) is 0.713. The molecule has 0 aliphatic carbocycles. The van der Waals surface area contributed by atoms with Gasteiger partial charge in [-0.25, -0.2) is 8.42 Å². The predicted octanol–water partition coefficient (Wildman–Crippen LogP) is 3.28. The molecule has 7 heteroatoms. The number of hydrogen-bond donors (Lipinski definition) is 0. The fourth-order valence-electron chi connectivity index (χ4n) is 4.19. The third-order valence-electron chi connectivity index (χ3n) is 5.78. The zero-order valence-corrected chi connectivity index (χ0v) is 17.5. The number of methoxy groups -OCH3 is 1. The van der Waals surface area contributed by atoms with Gasteiger partial charge in [0, 0.05) is 37.1 Å². The highest BCUT2D eigenvalue weighted by Crippen LogP contribution is 2.30. The summed E-state index contributed by atoms with van der Waals surface area (Å²) >= 11 is 1.86. The Morgan fingerprint density at radius 2 is 1.93 bits per heavy atom. The van der Waals surface area contributed by atoms with Gasteiger partial charge in [0.25, 0.3) is 0 Å². The normalized spacial score (nSPS) is 19.8. The topological polar surface area (TPSA) is 49.9 Å². The summed E-state index contributed by atoms with van der Waals surface area (Å²) in [6, 6.07) is 7.81. The van der Waals surface area contributed by atoms with Gasteiger partial charge in [-0.1, -0.05) is 0 Å². The van der Waals surface area contributed by atoms with Crippen molar-refractivity contribution in [3.63, 3.8) is 0 Å². The van der Waals surface area contributed by atoms with Crippen molar-refractivity contribution in [2.75, 3.05) is 26.7 Å². The number of thiophene rings is 1. The summed E-state index contributed by atoms with van der Waals surface area (Å²) in [4.78, 5) is 4.41. The average Bonchev–Trinajstić information content (AvgIpc) is 3.16. The average molecular weight is 407 g/mol. The van der Waals surface area contributed by atoms with E-state index in [1.54, 1.807) is 29.6 Å². The van der Waals surface area contributed by atoms with Crippen molar-refractivity contribution in [3.8, 4) is 5.75 Å². The highest BCUT2D eigenvalue weighted by molar-refractivity contribution is 7.89. The van der Waals surface area contributed by atoms with Crippen molar-refractivity contribution < 1.29 is 13.2 Å². The van der Waals surface area contributed by atoms with Crippen molar-refractivity contribution >= 4 is 21.4 Å². The Bertz CT molecular complexity index is 915. The quantitative estimate of drug-likeness (QED) is 0.782. The second-order valence-electron chi connectivity index (χ2n) is 7.36. The Morgan fingerprint density at radius 1 is 1.15 bits per heavy atom. The second kappa shape index (κ2) is 7.54. The molecule has 0 unspecified atom stereocenters. The summed E-state index contributed by atoms with van der Waals surface area (Å²) in [6.07, 6.45) is 2.91. The van der Waals surface area contributed by atoms with E-state index in [0.29, 0.717) is 29.8 Å². The van der Waals surface area contributed by atoms with E-state index in [-0.39, 0.29) is 0 Å². The molecule has 0 N–H and O–H groups in total. The summed E-state index contributed by atoms with van der Waals surface area (Å²) in [5, 5.41) is 2.18. The Kier molecular flexibility index (Phi) is 5.29. The van der Waals surface area contributed by atoms with Crippen molar-refractivity contribution in [2.45, 2.75) is 43.7 Å². The molecule has 0 amide bonds. The smallest absolute Gasteiger partial charge is 0.243 e. The van der Waals surface area contributed by atoms with Gasteiger partial charge >= 0.3 is 0 Å². The fourth-order valence-corrected chi connectivity index (χ4v) is 6.64. The van der Waals surface area contributed by atoms with E-state index in [1.807, 2.05) is 18.3 Å². The summed E-state index contributed by atoms with van der Waals surface area (Å²) < 4.78 is 32.9. The molecule has 0 bridgehead atoms. The maximum atomic E-state index is 13.0. The third kappa shape index (κ3) is 3.66. The van der Waals surface area contributed by atoms with E-state index < -0.39 is 10.0 Å². The van der Waals surface area contributed by atoms with Crippen LogP contribution in [0.5, 0.6) is 5.75 Å². The lowest BCUT2D eigenvalue weighted by Crippen LogP contribution is -2.47. The second-order valence-corrected chi connectivity index (χ2v) is 10.3. The number of piperidine rings is 1. The van der Waals surface area contributed by atoms with Gasteiger partial charge < -0.3 is 4.74 Å². The first kappa shape index (κ1) is 18.9. The molecule has 1 aromatic heterocycles. The SMILES string of the molecule is COc1ccc(S(=O)(=O)N2CCC(N3CCc4sccc4C3)CC2)cc1C. The first-order valence-corrected chi connectivity index (χ1v) is 11.7. The monoisotopic (exact) mass is 406 g/mol. The van der Waals surface area contributed by atoms with Gasteiger partial charge in [-0.3, -0.25) is 4.90 Å². The van der Waals surface area contributed by atoms with E-state index in [4.69, 9.17) is 4.74 Å². The molecule has 1 fully saturated rings. The molecule has 0 saturated carbocycles. The molecule has 146 valence electrons. The third-order valence-corrected chi connectivity index (χ3v) is 8.70. The number of nitrogens with zero attached hydrogens (tertiary/aromatic N) is 2. The molecule has 1 aromatic carbocycles. The molecule has 3 heterocycles. The minimum absolute atomic E-state index is 0.361. The number of hydrogen-bond acceptors (Lipinski definition) is 5. The summed E-state index contributed by atoms with van der Waals surface area (Å²) in [7, 11) is -1.84. The van der Waals surface area contributed by atoms with Gasteiger partial charge in [-0.05, 0) is 67.0 Å². The molecule has 5 nitrogen and oxygen atoms in total. The predicted molar refractivity (Wildman–Crippen MR) is 108 cm³/mol. The number of benzene rings is 1. The van der Waals surface area contributed by atoms with Crippen LogP contribution in [0, 0.1) is 6.92 Å². The van der Waals surface area contributed by atoms with E-state index in [9.17, 15) is 8.42 Å². The minimum Gasteiger partial charge on any atom is -0.496 e. The van der Waals surface area contributed by atoms with Crippen LogP contribution in [0.25, 0.3) is 0 Å². The van der Waals surface area contributed by atoms with Crippen LogP contribution < -0.4 is 4.74 Å². The van der Waals surface area contributed by atoms with Crippen LogP contribution in [0.2, 0.25) is 0 Å². The molecule has 0 spiro atoms. The molecule has 2 aliphatic rings. The first-order valence-electron chi connectivity index (χ1n) is 9.43. The molecule has 27 heavy (non-hydrogen) atoms. The highest BCUT2D eigenvalue weighted by atomic mass is 32.2. The Hall–Kier alpha value is -1.41. The van der Waals surface area contributed by atoms with Crippen LogP contribution in [0.3, 0.4) is 0 Å². The molecule has 4 rings (SSSR count). The maximum absolute atomic E-state index is 13.0. The van der Waals surface area contributed by atoms with E-state index in [1.165, 1.54) is 10.4 Å². The molecule has 2 aromatic rings. The minimum atomic E-state index is -3.44. The highest BCUT2D eigenvalue weighted by Gasteiger charge is 2.33. The Labute approximate surface area is 165 Å². The zero-order valence-electron chi connectivity index (χ0n) is 15.8. The molecule has 0 atom stereocenters. The van der Waals surface area contributed by atoms with E-state index in [2.05, 4.69) is 16.3 Å². The van der Waals surface area contributed by atoms with Gasteiger partial charge in [-0.2, -0.15) is 4.31 Å². The van der Waals surface area contributed by atoms with Crippen LogP contribution in [-0.2, 0) is 23.0 Å². The van der Waals surface area contributed by atoms with Gasteiger partial charge in [0.15, 0.2) is 0 Å². The van der Waals surface area contributed by atoms with Crippen molar-refractivity contribution in [1.29, 1.82) is 0 Å². The first-order chi connectivity index (χ1) is 13.0. The Morgan fingerprint density at radius 3 is 2.63 bits per heavy atom. The van der Waals surface area contributed by atoms with Gasteiger partial charge in [0.1, 0.15) is 5.75 Å². The summed E-state index contributed by atoms with van der Waals surface area (Å²) in [5.41, 5.74) is 2.29. The molecular formula is C20H26N2O3S2. The number of aryl methyl sites for hydroxylation is 1.